The fourth-order valence-corrected chi connectivity index (χ4v) is 1.48. The highest BCUT2D eigenvalue weighted by molar-refractivity contribution is 5.18. The van der Waals surface area contributed by atoms with Crippen molar-refractivity contribution in [1.29, 1.82) is 0 Å². The fourth-order valence-electron chi connectivity index (χ4n) is 1.48. The summed E-state index contributed by atoms with van der Waals surface area (Å²) in [4.78, 5) is 0. The fraction of sp³-hybridized carbons (Fsp3) is 0.714. The van der Waals surface area contributed by atoms with E-state index in [4.69, 9.17) is 0 Å². The molecule has 0 heteroatoms. The van der Waals surface area contributed by atoms with Crippen LogP contribution >= 0.6 is 0 Å². The lowest BCUT2D eigenvalue weighted by Gasteiger charge is -1.92. The number of fused-ring (bicyclic) bond motifs is 2. The highest BCUT2D eigenvalue weighted by atomic mass is 14.3. The van der Waals surface area contributed by atoms with E-state index >= 15 is 0 Å². The largest absolute Gasteiger partial charge is 0.0996 e. The van der Waals surface area contributed by atoms with Crippen molar-refractivity contribution in [2.45, 2.75) is 19.3 Å². The molecule has 0 N–H and O–H groups in total. The molecular formula is C7H8. The molecule has 0 heterocycles. The third-order valence-electron chi connectivity index (χ3n) is 1.92. The maximum Gasteiger partial charge on any atom is 0.0215 e. The minimum Gasteiger partial charge on any atom is -0.0996 e. The van der Waals surface area contributed by atoms with Crippen molar-refractivity contribution in [3.8, 4) is 11.8 Å². The first-order valence-electron chi connectivity index (χ1n) is 2.96. The van der Waals surface area contributed by atoms with E-state index in [1.165, 1.54) is 19.3 Å². The van der Waals surface area contributed by atoms with Gasteiger partial charge in [-0.3, -0.25) is 0 Å². The molecule has 2 aliphatic carbocycles. The lowest BCUT2D eigenvalue weighted by Crippen LogP contribution is -1.83. The molecule has 0 unspecified atom stereocenters. The summed E-state index contributed by atoms with van der Waals surface area (Å²) in [5.41, 5.74) is 0. The lowest BCUT2D eigenvalue weighted by molar-refractivity contribution is 0.702. The summed E-state index contributed by atoms with van der Waals surface area (Å²) in [6, 6.07) is 0. The SMILES string of the molecule is C1#C[C@H]2CC[C@@H]1C2. The Labute approximate surface area is 43.9 Å². The van der Waals surface area contributed by atoms with Gasteiger partial charge in [-0.05, 0) is 19.3 Å². The van der Waals surface area contributed by atoms with Crippen molar-refractivity contribution in [2.24, 2.45) is 11.8 Å². The maximum absolute atomic E-state index is 3.21. The van der Waals surface area contributed by atoms with Gasteiger partial charge in [0.1, 0.15) is 0 Å². The van der Waals surface area contributed by atoms with Gasteiger partial charge in [-0.25, -0.2) is 0 Å². The molecule has 7 heavy (non-hydrogen) atoms. The molecule has 0 aromatic carbocycles. The highest BCUT2D eigenvalue weighted by Crippen LogP contribution is 2.33. The second kappa shape index (κ2) is 1.04. The Bertz CT molecular complexity index is 122. The van der Waals surface area contributed by atoms with E-state index in [0.29, 0.717) is 0 Å². The Morgan fingerprint density at radius 1 is 1.00 bits per heavy atom. The summed E-state index contributed by atoms with van der Waals surface area (Å²) in [6.07, 6.45) is 4.13. The van der Waals surface area contributed by atoms with Gasteiger partial charge < -0.3 is 0 Å². The van der Waals surface area contributed by atoms with Gasteiger partial charge in [0.2, 0.25) is 0 Å². The van der Waals surface area contributed by atoms with Crippen molar-refractivity contribution in [1.82, 2.24) is 0 Å². The van der Waals surface area contributed by atoms with E-state index in [1.807, 2.05) is 0 Å². The van der Waals surface area contributed by atoms with E-state index < -0.39 is 0 Å². The van der Waals surface area contributed by atoms with Crippen LogP contribution in [-0.2, 0) is 0 Å². The van der Waals surface area contributed by atoms with Gasteiger partial charge in [0, 0.05) is 11.8 Å². The summed E-state index contributed by atoms with van der Waals surface area (Å²) < 4.78 is 0. The smallest absolute Gasteiger partial charge is 0.0215 e. The van der Waals surface area contributed by atoms with Gasteiger partial charge in [0.05, 0.1) is 0 Å². The Balaban J connectivity index is 2.33. The summed E-state index contributed by atoms with van der Waals surface area (Å²) in [7, 11) is 0. The predicted molar refractivity (Wildman–Crippen MR) is 28.6 cm³/mol. The van der Waals surface area contributed by atoms with Crippen LogP contribution < -0.4 is 0 Å². The molecule has 0 amide bonds. The summed E-state index contributed by atoms with van der Waals surface area (Å²) in [5.74, 6) is 8.03. The molecular weight excluding hydrogens is 84.1 g/mol. The number of hydrogen-bond donors (Lipinski definition) is 0. The van der Waals surface area contributed by atoms with Gasteiger partial charge >= 0.3 is 0 Å². The maximum atomic E-state index is 3.21. The van der Waals surface area contributed by atoms with Crippen molar-refractivity contribution in [3.05, 3.63) is 0 Å². The zero-order valence-electron chi connectivity index (χ0n) is 4.28. The average Bonchev–Trinajstić information content (AvgIpc) is 2.22. The quantitative estimate of drug-likeness (QED) is 0.396. The lowest BCUT2D eigenvalue weighted by atomic mass is 10.1. The van der Waals surface area contributed by atoms with E-state index in [1.54, 1.807) is 0 Å². The molecule has 0 nitrogen and oxygen atoms in total. The van der Waals surface area contributed by atoms with Crippen LogP contribution in [0.3, 0.4) is 0 Å². The summed E-state index contributed by atoms with van der Waals surface area (Å²) in [5, 5.41) is 0. The van der Waals surface area contributed by atoms with Crippen LogP contribution in [0.15, 0.2) is 0 Å². The van der Waals surface area contributed by atoms with Crippen LogP contribution in [-0.4, -0.2) is 0 Å². The van der Waals surface area contributed by atoms with E-state index in [-0.39, 0.29) is 0 Å². The second-order valence-electron chi connectivity index (χ2n) is 2.50. The van der Waals surface area contributed by atoms with Crippen LogP contribution in [0.5, 0.6) is 0 Å². The molecule has 0 radical (unpaired) electrons. The predicted octanol–water partition coefficient (Wildman–Crippen LogP) is 1.42. The third-order valence-corrected chi connectivity index (χ3v) is 1.92. The van der Waals surface area contributed by atoms with Crippen LogP contribution in [0.25, 0.3) is 0 Å². The summed E-state index contributed by atoms with van der Waals surface area (Å²) in [6.45, 7) is 0. The minimum absolute atomic E-state index is 0.810. The molecule has 2 aliphatic rings. The monoisotopic (exact) mass is 92.1 g/mol. The Kier molecular flexibility index (Phi) is 0.526. The zero-order chi connectivity index (χ0) is 4.69. The molecule has 0 saturated heterocycles. The normalized spacial score (nSPS) is 43.4. The molecule has 2 bridgehead atoms. The van der Waals surface area contributed by atoms with Crippen LogP contribution in [0.2, 0.25) is 0 Å². The average molecular weight is 92.1 g/mol. The Morgan fingerprint density at radius 3 is 1.71 bits per heavy atom. The number of rotatable bonds is 0. The standard InChI is InChI=1S/C7H8/c1-2-7-4-3-6(1)5-7/h6-7H,1-2,5H2/t6-,7+. The Hall–Kier alpha value is -0.440. The number of hydrogen-bond acceptors (Lipinski definition) is 0. The van der Waals surface area contributed by atoms with E-state index in [9.17, 15) is 0 Å². The first-order valence-corrected chi connectivity index (χ1v) is 2.96. The van der Waals surface area contributed by atoms with Gasteiger partial charge in [0.15, 0.2) is 0 Å². The molecule has 2 rings (SSSR count). The molecule has 1 fully saturated rings. The van der Waals surface area contributed by atoms with Crippen molar-refractivity contribution in [3.63, 3.8) is 0 Å². The minimum atomic E-state index is 0.810. The topological polar surface area (TPSA) is 0 Å². The van der Waals surface area contributed by atoms with Gasteiger partial charge in [-0.1, -0.05) is 11.8 Å². The Morgan fingerprint density at radius 2 is 1.57 bits per heavy atom. The van der Waals surface area contributed by atoms with Gasteiger partial charge in [-0.15, -0.1) is 0 Å². The van der Waals surface area contributed by atoms with Gasteiger partial charge in [0.25, 0.3) is 0 Å². The first-order chi connectivity index (χ1) is 3.45. The second-order valence-corrected chi connectivity index (χ2v) is 2.50. The van der Waals surface area contributed by atoms with Crippen molar-refractivity contribution < 1.29 is 0 Å². The third kappa shape index (κ3) is 0.383. The molecule has 0 aliphatic heterocycles. The zero-order valence-corrected chi connectivity index (χ0v) is 4.28. The molecule has 0 spiro atoms. The van der Waals surface area contributed by atoms with Gasteiger partial charge in [-0.2, -0.15) is 0 Å². The molecule has 2 atom stereocenters. The van der Waals surface area contributed by atoms with Crippen LogP contribution in [0.1, 0.15) is 19.3 Å². The van der Waals surface area contributed by atoms with Crippen LogP contribution in [0.4, 0.5) is 0 Å². The first kappa shape index (κ1) is 3.55. The summed E-state index contributed by atoms with van der Waals surface area (Å²) >= 11 is 0. The van der Waals surface area contributed by atoms with E-state index in [2.05, 4.69) is 11.8 Å². The highest BCUT2D eigenvalue weighted by Gasteiger charge is 2.25. The molecule has 0 aromatic heterocycles. The van der Waals surface area contributed by atoms with Crippen molar-refractivity contribution in [2.75, 3.05) is 0 Å². The van der Waals surface area contributed by atoms with Crippen molar-refractivity contribution >= 4 is 0 Å². The molecule has 36 valence electrons. The van der Waals surface area contributed by atoms with E-state index in [0.717, 1.165) is 11.8 Å². The molecule has 0 aromatic rings. The van der Waals surface area contributed by atoms with Crippen LogP contribution in [0, 0.1) is 23.7 Å². The molecule has 1 saturated carbocycles.